The van der Waals surface area contributed by atoms with E-state index in [4.69, 9.17) is 5.73 Å². The van der Waals surface area contributed by atoms with Gasteiger partial charge in [-0.15, -0.1) is 12.4 Å². The molecular weight excluding hydrogens is 268 g/mol. The Morgan fingerprint density at radius 1 is 1.50 bits per heavy atom. The smallest absolute Gasteiger partial charge is 0.327 e. The van der Waals surface area contributed by atoms with Gasteiger partial charge in [0.25, 0.3) is 0 Å². The minimum absolute atomic E-state index is 0. The predicted molar refractivity (Wildman–Crippen MR) is 62.6 cm³/mol. The number of nitro groups is 1. The third-order valence-corrected chi connectivity index (χ3v) is 2.10. The van der Waals surface area contributed by atoms with E-state index in [1.54, 1.807) is 0 Å². The molecule has 1 atom stereocenters. The summed E-state index contributed by atoms with van der Waals surface area (Å²) in [5.74, 6) is -2.42. The van der Waals surface area contributed by atoms with Gasteiger partial charge in [0.15, 0.2) is 5.75 Å². The molecule has 1 aromatic carbocycles. The highest BCUT2D eigenvalue weighted by Crippen LogP contribution is 2.37. The molecule has 0 aliphatic heterocycles. The molecule has 8 nitrogen and oxygen atoms in total. The second kappa shape index (κ2) is 6.03. The van der Waals surface area contributed by atoms with Crippen LogP contribution < -0.4 is 5.73 Å². The van der Waals surface area contributed by atoms with E-state index >= 15 is 0 Å². The van der Waals surface area contributed by atoms with E-state index in [9.17, 15) is 25.1 Å². The number of carbonyl (C=O) groups is 1. The van der Waals surface area contributed by atoms with Crippen LogP contribution in [0.1, 0.15) is 11.6 Å². The van der Waals surface area contributed by atoms with Gasteiger partial charge in [-0.05, 0) is 11.6 Å². The zero-order valence-electron chi connectivity index (χ0n) is 9.19. The largest absolute Gasteiger partial charge is 0.504 e. The Kier molecular flexibility index (Phi) is 5.34. The van der Waals surface area contributed by atoms with E-state index in [-0.39, 0.29) is 18.0 Å². The van der Waals surface area contributed by atoms with Gasteiger partial charge in [0.05, 0.1) is 12.0 Å². The third-order valence-electron chi connectivity index (χ3n) is 2.10. The highest BCUT2D eigenvalue weighted by atomic mass is 35.5. The number of aromatic hydroxyl groups is 2. The summed E-state index contributed by atoms with van der Waals surface area (Å²) in [6.45, 7) is 0. The number of esters is 1. The van der Waals surface area contributed by atoms with Crippen molar-refractivity contribution >= 4 is 24.1 Å². The first-order valence-corrected chi connectivity index (χ1v) is 4.42. The molecule has 18 heavy (non-hydrogen) atoms. The summed E-state index contributed by atoms with van der Waals surface area (Å²) >= 11 is 0. The third kappa shape index (κ3) is 2.99. The first kappa shape index (κ1) is 15.9. The number of methoxy groups -OCH3 is 1. The lowest BCUT2D eigenvalue weighted by molar-refractivity contribution is -0.386. The van der Waals surface area contributed by atoms with Crippen molar-refractivity contribution in [3.05, 3.63) is 27.8 Å². The van der Waals surface area contributed by atoms with E-state index in [0.29, 0.717) is 0 Å². The molecule has 0 heterocycles. The van der Waals surface area contributed by atoms with Crippen LogP contribution in [-0.2, 0) is 9.53 Å². The van der Waals surface area contributed by atoms with Crippen molar-refractivity contribution < 1.29 is 24.7 Å². The van der Waals surface area contributed by atoms with Gasteiger partial charge in [-0.2, -0.15) is 0 Å². The van der Waals surface area contributed by atoms with Crippen LogP contribution >= 0.6 is 12.4 Å². The molecule has 0 saturated heterocycles. The Hall–Kier alpha value is -2.06. The molecule has 0 aliphatic carbocycles. The predicted octanol–water partition coefficient (Wildman–Crippen LogP) is 0.601. The SMILES string of the molecule is COC(=O)[C@H](N)c1cc(O)c(O)c([N+](=O)[O-])c1.Cl. The monoisotopic (exact) mass is 278 g/mol. The number of rotatable bonds is 3. The Morgan fingerprint density at radius 2 is 2.06 bits per heavy atom. The maximum Gasteiger partial charge on any atom is 0.327 e. The molecule has 1 rings (SSSR count). The van der Waals surface area contributed by atoms with Gasteiger partial charge in [0, 0.05) is 6.07 Å². The molecule has 0 fully saturated rings. The zero-order valence-corrected chi connectivity index (χ0v) is 10.0. The van der Waals surface area contributed by atoms with Gasteiger partial charge < -0.3 is 20.7 Å². The maximum atomic E-state index is 11.1. The van der Waals surface area contributed by atoms with E-state index < -0.39 is 34.1 Å². The van der Waals surface area contributed by atoms with Crippen LogP contribution in [0.15, 0.2) is 12.1 Å². The quantitative estimate of drug-likeness (QED) is 0.319. The van der Waals surface area contributed by atoms with Crippen LogP contribution in [0.2, 0.25) is 0 Å². The summed E-state index contributed by atoms with van der Waals surface area (Å²) in [6.07, 6.45) is 0. The number of nitro benzene ring substituents is 1. The number of phenols is 2. The number of benzene rings is 1. The van der Waals surface area contributed by atoms with E-state index in [1.165, 1.54) is 0 Å². The minimum Gasteiger partial charge on any atom is -0.504 e. The lowest BCUT2D eigenvalue weighted by Crippen LogP contribution is -2.22. The number of nitrogens with two attached hydrogens (primary N) is 1. The highest BCUT2D eigenvalue weighted by Gasteiger charge is 2.24. The summed E-state index contributed by atoms with van der Waals surface area (Å²) in [4.78, 5) is 20.8. The van der Waals surface area contributed by atoms with Gasteiger partial charge in [-0.25, -0.2) is 0 Å². The van der Waals surface area contributed by atoms with Gasteiger partial charge in [-0.1, -0.05) is 0 Å². The highest BCUT2D eigenvalue weighted by molar-refractivity contribution is 5.85. The zero-order chi connectivity index (χ0) is 13.2. The molecule has 1 aromatic rings. The molecule has 0 amide bonds. The van der Waals surface area contributed by atoms with E-state index in [0.717, 1.165) is 19.2 Å². The van der Waals surface area contributed by atoms with Crippen LogP contribution in [0, 0.1) is 10.1 Å². The average Bonchev–Trinajstić information content (AvgIpc) is 2.30. The lowest BCUT2D eigenvalue weighted by Gasteiger charge is -2.10. The van der Waals surface area contributed by atoms with Crippen molar-refractivity contribution in [2.24, 2.45) is 5.73 Å². The molecule has 0 aliphatic rings. The molecule has 4 N–H and O–H groups in total. The number of phenolic OH excluding ortho intramolecular Hbond substituents is 2. The summed E-state index contributed by atoms with van der Waals surface area (Å²) in [7, 11) is 1.11. The molecule has 9 heteroatoms. The van der Waals surface area contributed by atoms with Crippen LogP contribution in [0.4, 0.5) is 5.69 Å². The van der Waals surface area contributed by atoms with Gasteiger partial charge in [-0.3, -0.25) is 14.9 Å². The van der Waals surface area contributed by atoms with Crippen molar-refractivity contribution in [3.8, 4) is 11.5 Å². The molecule has 0 spiro atoms. The van der Waals surface area contributed by atoms with Gasteiger partial charge >= 0.3 is 11.7 Å². The first-order valence-electron chi connectivity index (χ1n) is 4.42. The molecule has 100 valence electrons. The lowest BCUT2D eigenvalue weighted by atomic mass is 10.1. The van der Waals surface area contributed by atoms with Crippen molar-refractivity contribution in [3.63, 3.8) is 0 Å². The fourth-order valence-electron chi connectivity index (χ4n) is 1.21. The van der Waals surface area contributed by atoms with Crippen LogP contribution in [0.5, 0.6) is 11.5 Å². The second-order valence-electron chi connectivity index (χ2n) is 3.17. The Morgan fingerprint density at radius 3 is 2.50 bits per heavy atom. The van der Waals surface area contributed by atoms with Crippen molar-refractivity contribution in [1.29, 1.82) is 0 Å². The number of ether oxygens (including phenoxy) is 1. The number of nitrogens with zero attached hydrogens (tertiary/aromatic N) is 1. The number of hydrogen-bond acceptors (Lipinski definition) is 7. The maximum absolute atomic E-state index is 11.1. The van der Waals surface area contributed by atoms with Gasteiger partial charge in [0.1, 0.15) is 6.04 Å². The average molecular weight is 279 g/mol. The van der Waals surface area contributed by atoms with Gasteiger partial charge in [0.2, 0.25) is 5.75 Å². The van der Waals surface area contributed by atoms with Crippen molar-refractivity contribution in [2.75, 3.05) is 7.11 Å². The van der Waals surface area contributed by atoms with Crippen LogP contribution in [-0.4, -0.2) is 28.2 Å². The van der Waals surface area contributed by atoms with Crippen LogP contribution in [0.3, 0.4) is 0 Å². The minimum atomic E-state index is -1.27. The Balaban J connectivity index is 0.00000289. The molecule has 0 saturated carbocycles. The summed E-state index contributed by atoms with van der Waals surface area (Å²) in [5.41, 5.74) is 4.68. The number of carbonyl (C=O) groups excluding carboxylic acids is 1. The fourth-order valence-corrected chi connectivity index (χ4v) is 1.21. The standard InChI is InChI=1S/C9H10N2O6.ClH/c1-17-9(14)7(10)4-2-5(11(15)16)8(13)6(12)3-4;/h2-3,7,12-13H,10H2,1H3;1H/t7-;/m1./s1. The normalized spacial score (nSPS) is 11.2. The summed E-state index contributed by atoms with van der Waals surface area (Å²) in [5, 5.41) is 29.1. The molecular formula is C9H11ClN2O6. The molecule has 0 radical (unpaired) electrons. The fraction of sp³-hybridized carbons (Fsp3) is 0.222. The second-order valence-corrected chi connectivity index (χ2v) is 3.17. The van der Waals surface area contributed by atoms with Crippen molar-refractivity contribution in [1.82, 2.24) is 0 Å². The number of halogens is 1. The Labute approximate surface area is 108 Å². The molecule has 0 bridgehead atoms. The summed E-state index contributed by atoms with van der Waals surface area (Å²) < 4.78 is 4.36. The molecule has 0 aromatic heterocycles. The van der Waals surface area contributed by atoms with Crippen molar-refractivity contribution in [2.45, 2.75) is 6.04 Å². The summed E-state index contributed by atoms with van der Waals surface area (Å²) in [6, 6.07) is 0.589. The topological polar surface area (TPSA) is 136 Å². The van der Waals surface area contributed by atoms with Crippen LogP contribution in [0.25, 0.3) is 0 Å². The van der Waals surface area contributed by atoms with E-state index in [1.807, 2.05) is 0 Å². The Bertz CT molecular complexity index is 478. The van der Waals surface area contributed by atoms with E-state index in [2.05, 4.69) is 4.74 Å². The number of hydrogen-bond donors (Lipinski definition) is 3. The first-order chi connectivity index (χ1) is 7.88. The molecule has 0 unspecified atom stereocenters.